The lowest BCUT2D eigenvalue weighted by Crippen LogP contribution is -2.03. The van der Waals surface area contributed by atoms with Crippen LogP contribution in [0.1, 0.15) is 19.2 Å². The molecule has 5 heteroatoms. The summed E-state index contributed by atoms with van der Waals surface area (Å²) in [7, 11) is 0. The van der Waals surface area contributed by atoms with Crippen LogP contribution in [-0.2, 0) is 6.42 Å². The first-order chi connectivity index (χ1) is 25.3. The first kappa shape index (κ1) is 28.3. The van der Waals surface area contributed by atoms with Gasteiger partial charge in [-0.3, -0.25) is 4.57 Å². The number of hydrogen-bond acceptors (Lipinski definition) is 2. The number of benzene rings is 7. The first-order valence-corrected chi connectivity index (χ1v) is 17.7. The van der Waals surface area contributed by atoms with E-state index in [0.717, 1.165) is 85.3 Å². The molecule has 0 saturated carbocycles. The Morgan fingerprint density at radius 1 is 0.490 bits per heavy atom. The molecule has 0 spiro atoms. The van der Waals surface area contributed by atoms with Gasteiger partial charge in [0.15, 0.2) is 5.58 Å². The van der Waals surface area contributed by atoms with Crippen LogP contribution in [0.4, 0.5) is 0 Å². The third-order valence-electron chi connectivity index (χ3n) is 10.5. The summed E-state index contributed by atoms with van der Waals surface area (Å²) in [6, 6.07) is 54.2. The highest BCUT2D eigenvalue weighted by Crippen LogP contribution is 2.49. The van der Waals surface area contributed by atoms with Gasteiger partial charge >= 0.3 is 0 Å². The van der Waals surface area contributed by atoms with Crippen LogP contribution in [0.15, 0.2) is 156 Å². The van der Waals surface area contributed by atoms with Crippen LogP contribution in [0, 0.1) is 0 Å². The molecule has 51 heavy (non-hydrogen) atoms. The predicted molar refractivity (Wildman–Crippen MR) is 211 cm³/mol. The highest BCUT2D eigenvalue weighted by atomic mass is 16.3. The fraction of sp³-hybridized carbons (Fsp3) is 0.0652. The van der Waals surface area contributed by atoms with Crippen LogP contribution in [-0.4, -0.2) is 18.7 Å². The number of hydrogen-bond donors (Lipinski definition) is 0. The Morgan fingerprint density at radius 2 is 1.08 bits per heavy atom. The average Bonchev–Trinajstić information content (AvgIpc) is 3.93. The van der Waals surface area contributed by atoms with Crippen molar-refractivity contribution in [3.8, 4) is 17.1 Å². The summed E-state index contributed by atoms with van der Waals surface area (Å²) in [6.07, 6.45) is 1.92. The Bertz CT molecular complexity index is 3150. The van der Waals surface area contributed by atoms with Crippen LogP contribution in [0.2, 0.25) is 0 Å². The summed E-state index contributed by atoms with van der Waals surface area (Å²) in [6.45, 7) is 2.22. The van der Waals surface area contributed by atoms with Crippen LogP contribution in [0.5, 0.6) is 0 Å². The molecule has 0 saturated heterocycles. The topological polar surface area (TPSA) is 40.8 Å². The van der Waals surface area contributed by atoms with E-state index < -0.39 is 0 Å². The van der Waals surface area contributed by atoms with E-state index in [1.54, 1.807) is 0 Å². The number of furan rings is 1. The van der Waals surface area contributed by atoms with Crippen molar-refractivity contribution in [2.45, 2.75) is 19.8 Å². The van der Waals surface area contributed by atoms with Crippen molar-refractivity contribution in [3.05, 3.63) is 157 Å². The summed E-state index contributed by atoms with van der Waals surface area (Å²) < 4.78 is 14.2. The van der Waals surface area contributed by atoms with Crippen LogP contribution >= 0.6 is 0 Å². The second kappa shape index (κ2) is 10.7. The minimum atomic E-state index is 0.889. The van der Waals surface area contributed by atoms with Crippen molar-refractivity contribution < 1.29 is 4.42 Å². The first-order valence-electron chi connectivity index (χ1n) is 17.7. The summed E-state index contributed by atoms with van der Waals surface area (Å²) in [5.74, 6) is 1.08. The molecule has 0 amide bonds. The Labute approximate surface area is 293 Å². The summed E-state index contributed by atoms with van der Waals surface area (Å²) in [5, 5.41) is 7.04. The largest absolute Gasteiger partial charge is 0.454 e. The van der Waals surface area contributed by atoms with E-state index >= 15 is 0 Å². The monoisotopic (exact) mass is 656 g/mol. The Balaban J connectivity index is 1.36. The molecule has 11 rings (SSSR count). The van der Waals surface area contributed by atoms with E-state index in [9.17, 15) is 0 Å². The summed E-state index contributed by atoms with van der Waals surface area (Å²) >= 11 is 0. The Hall–Kier alpha value is -6.59. The zero-order chi connectivity index (χ0) is 33.6. The van der Waals surface area contributed by atoms with Gasteiger partial charge in [0.1, 0.15) is 11.4 Å². The number of aryl methyl sites for hydroxylation is 1. The fourth-order valence-corrected chi connectivity index (χ4v) is 8.52. The third-order valence-corrected chi connectivity index (χ3v) is 10.5. The highest BCUT2D eigenvalue weighted by Gasteiger charge is 2.27. The maximum Gasteiger partial charge on any atom is 0.160 e. The molecular formula is C46H32N4O. The van der Waals surface area contributed by atoms with Crippen LogP contribution in [0.25, 0.3) is 93.6 Å². The lowest BCUT2D eigenvalue weighted by atomic mass is 10.0. The minimum Gasteiger partial charge on any atom is -0.454 e. The van der Waals surface area contributed by atoms with Gasteiger partial charge in [0.2, 0.25) is 0 Å². The smallest absolute Gasteiger partial charge is 0.160 e. The molecule has 0 bridgehead atoms. The van der Waals surface area contributed by atoms with Gasteiger partial charge in [-0.05, 0) is 67.1 Å². The van der Waals surface area contributed by atoms with Gasteiger partial charge in [0.05, 0.1) is 33.1 Å². The number of para-hydroxylation sites is 6. The zero-order valence-electron chi connectivity index (χ0n) is 28.0. The van der Waals surface area contributed by atoms with Crippen molar-refractivity contribution in [2.24, 2.45) is 0 Å². The van der Waals surface area contributed by atoms with E-state index in [1.807, 2.05) is 0 Å². The van der Waals surface area contributed by atoms with Gasteiger partial charge in [-0.1, -0.05) is 97.9 Å². The molecular weight excluding hydrogens is 625 g/mol. The highest BCUT2D eigenvalue weighted by molar-refractivity contribution is 6.39. The molecule has 0 unspecified atom stereocenters. The molecule has 4 aromatic heterocycles. The van der Waals surface area contributed by atoms with Gasteiger partial charge in [-0.25, -0.2) is 4.98 Å². The molecule has 5 nitrogen and oxygen atoms in total. The number of imidazole rings is 1. The molecule has 242 valence electrons. The lowest BCUT2D eigenvalue weighted by molar-refractivity contribution is 0.671. The molecule has 7 aromatic carbocycles. The van der Waals surface area contributed by atoms with Gasteiger partial charge < -0.3 is 13.6 Å². The lowest BCUT2D eigenvalue weighted by Gasteiger charge is -2.14. The summed E-state index contributed by atoms with van der Waals surface area (Å²) in [4.78, 5) is 5.08. The normalized spacial score (nSPS) is 12.2. The average molecular weight is 657 g/mol. The summed E-state index contributed by atoms with van der Waals surface area (Å²) in [5.41, 5.74) is 11.8. The van der Waals surface area contributed by atoms with E-state index in [-0.39, 0.29) is 0 Å². The number of aromatic nitrogens is 4. The van der Waals surface area contributed by atoms with E-state index in [4.69, 9.17) is 9.40 Å². The molecule has 0 atom stereocenters. The van der Waals surface area contributed by atoms with E-state index in [2.05, 4.69) is 172 Å². The molecule has 4 heterocycles. The maximum atomic E-state index is 6.93. The van der Waals surface area contributed by atoms with Gasteiger partial charge in [0.25, 0.3) is 0 Å². The van der Waals surface area contributed by atoms with Crippen molar-refractivity contribution in [2.75, 3.05) is 0 Å². The maximum absolute atomic E-state index is 6.93. The SMILES string of the molecule is CCCc1nc2ccccc2n1-c1cccc(-n2c3ccccc3c3c4c5ccccc5oc4c4c(c5ccccc5n4-c4ccccc4)c32)c1. The molecule has 11 aromatic rings. The Kier molecular flexibility index (Phi) is 5.93. The molecule has 0 aliphatic rings. The Morgan fingerprint density at radius 3 is 1.84 bits per heavy atom. The van der Waals surface area contributed by atoms with E-state index in [1.165, 1.54) is 27.1 Å². The second-order valence-electron chi connectivity index (χ2n) is 13.4. The van der Waals surface area contributed by atoms with Crippen molar-refractivity contribution in [1.82, 2.24) is 18.7 Å². The standard InChI is InChI=1S/C46H32N4O/c1-2-15-40-47-35-23-9-12-26-38(35)48(40)30-18-14-19-31(28-30)50-36-24-10-6-20-32(36)41-42-34-22-8-13-27-39(34)51-46(42)45-43(44(41)50)33-21-7-11-25-37(33)49(45)29-16-4-3-5-17-29/h3-14,16-28H,2,15H2,1H3. The third kappa shape index (κ3) is 3.89. The van der Waals surface area contributed by atoms with Crippen LogP contribution < -0.4 is 0 Å². The quantitative estimate of drug-likeness (QED) is 0.185. The molecule has 0 N–H and O–H groups in total. The number of fused-ring (bicyclic) bond motifs is 13. The minimum absolute atomic E-state index is 0.889. The molecule has 0 aliphatic carbocycles. The van der Waals surface area contributed by atoms with Crippen molar-refractivity contribution >= 4 is 76.6 Å². The fourth-order valence-electron chi connectivity index (χ4n) is 8.52. The van der Waals surface area contributed by atoms with E-state index in [0.29, 0.717) is 0 Å². The molecule has 0 radical (unpaired) electrons. The van der Waals surface area contributed by atoms with Gasteiger partial charge in [-0.15, -0.1) is 0 Å². The van der Waals surface area contributed by atoms with Crippen molar-refractivity contribution in [3.63, 3.8) is 0 Å². The molecule has 0 aliphatic heterocycles. The number of nitrogens with zero attached hydrogens (tertiary/aromatic N) is 4. The second-order valence-corrected chi connectivity index (χ2v) is 13.4. The molecule has 0 fully saturated rings. The zero-order valence-corrected chi connectivity index (χ0v) is 28.0. The van der Waals surface area contributed by atoms with Crippen LogP contribution in [0.3, 0.4) is 0 Å². The number of rotatable bonds is 5. The van der Waals surface area contributed by atoms with Crippen molar-refractivity contribution in [1.29, 1.82) is 0 Å². The van der Waals surface area contributed by atoms with Gasteiger partial charge in [0, 0.05) is 55.8 Å². The predicted octanol–water partition coefficient (Wildman–Crippen LogP) is 12.1. The van der Waals surface area contributed by atoms with Gasteiger partial charge in [-0.2, -0.15) is 0 Å².